The molecule has 0 saturated carbocycles. The quantitative estimate of drug-likeness (QED) is 0.355. The van der Waals surface area contributed by atoms with Gasteiger partial charge in [-0.3, -0.25) is 9.89 Å². The van der Waals surface area contributed by atoms with E-state index in [0.717, 1.165) is 17.1 Å². The molecule has 0 amide bonds. The van der Waals surface area contributed by atoms with Gasteiger partial charge in [-0.05, 0) is 27.2 Å². The fourth-order valence-electron chi connectivity index (χ4n) is 2.77. The van der Waals surface area contributed by atoms with Crippen molar-refractivity contribution in [2.45, 2.75) is 45.8 Å². The normalized spacial score (nSPS) is 18.7. The number of nitrogens with zero attached hydrogens (tertiary/aromatic N) is 3. The molecule has 1 fully saturated rings. The Morgan fingerprint density at radius 1 is 1.38 bits per heavy atom. The molecule has 0 bridgehead atoms. The van der Waals surface area contributed by atoms with Crippen LogP contribution in [0.15, 0.2) is 4.99 Å². The van der Waals surface area contributed by atoms with Crippen molar-refractivity contribution in [3.8, 4) is 0 Å². The van der Waals surface area contributed by atoms with Crippen LogP contribution in [0, 0.1) is 13.8 Å². The van der Waals surface area contributed by atoms with Gasteiger partial charge in [-0.25, -0.2) is 4.98 Å². The van der Waals surface area contributed by atoms with Crippen LogP contribution in [0.5, 0.6) is 0 Å². The molecule has 1 saturated heterocycles. The summed E-state index contributed by atoms with van der Waals surface area (Å²) in [5, 5.41) is 7.47. The summed E-state index contributed by atoms with van der Waals surface area (Å²) < 4.78 is 37.4. The van der Waals surface area contributed by atoms with Crippen molar-refractivity contribution in [2.24, 2.45) is 4.99 Å². The number of aryl methyl sites for hydroxylation is 2. The lowest BCUT2D eigenvalue weighted by molar-refractivity contribution is -0.143. The lowest BCUT2D eigenvalue weighted by atomic mass is 10.3. The number of halogens is 4. The number of hydrogen-bond donors (Lipinski definition) is 2. The van der Waals surface area contributed by atoms with Crippen molar-refractivity contribution in [1.29, 1.82) is 0 Å². The minimum absolute atomic E-state index is 0. The minimum Gasteiger partial charge on any atom is -0.357 e. The predicted molar refractivity (Wildman–Crippen MR) is 111 cm³/mol. The second-order valence-corrected chi connectivity index (χ2v) is 7.53. The van der Waals surface area contributed by atoms with Gasteiger partial charge in [-0.2, -0.15) is 13.2 Å². The zero-order chi connectivity index (χ0) is 18.4. The standard InChI is InChI=1S/C16H26F3N5S.HI/c1-4-20-15(21-7-5-14-22-11(2)12(3)25-14)23-13-6-8-24(9-13)10-16(17,18)19;/h13H,4-10H2,1-3H3,(H2,20,21,23);1H. The monoisotopic (exact) mass is 505 g/mol. The van der Waals surface area contributed by atoms with Crippen molar-refractivity contribution in [1.82, 2.24) is 20.5 Å². The highest BCUT2D eigenvalue weighted by Gasteiger charge is 2.34. The minimum atomic E-state index is -4.14. The number of aromatic nitrogens is 1. The van der Waals surface area contributed by atoms with E-state index >= 15 is 0 Å². The van der Waals surface area contributed by atoms with Crippen molar-refractivity contribution < 1.29 is 13.2 Å². The Morgan fingerprint density at radius 3 is 2.69 bits per heavy atom. The molecule has 26 heavy (non-hydrogen) atoms. The van der Waals surface area contributed by atoms with Crippen molar-refractivity contribution in [2.75, 3.05) is 32.7 Å². The predicted octanol–water partition coefficient (Wildman–Crippen LogP) is 3.11. The van der Waals surface area contributed by atoms with Gasteiger partial charge in [0.2, 0.25) is 0 Å². The molecule has 1 aromatic rings. The van der Waals surface area contributed by atoms with E-state index in [0.29, 0.717) is 38.6 Å². The maximum atomic E-state index is 12.5. The summed E-state index contributed by atoms with van der Waals surface area (Å²) in [5.74, 6) is 0.659. The Bertz CT molecular complexity index is 571. The van der Waals surface area contributed by atoms with Gasteiger partial charge in [0.1, 0.15) is 0 Å². The number of likely N-dealkylation sites (tertiary alicyclic amines) is 1. The molecule has 0 spiro atoms. The second-order valence-electron chi connectivity index (χ2n) is 6.24. The Kier molecular flexibility index (Phi) is 9.59. The zero-order valence-electron chi connectivity index (χ0n) is 15.3. The third-order valence-electron chi connectivity index (χ3n) is 4.03. The average molecular weight is 505 g/mol. The lowest BCUT2D eigenvalue weighted by Crippen LogP contribution is -2.45. The number of guanidine groups is 1. The molecule has 10 heteroatoms. The SMILES string of the molecule is CCNC(=NCCc1nc(C)c(C)s1)NC1CCN(CC(F)(F)F)C1.I. The third kappa shape index (κ3) is 7.95. The largest absolute Gasteiger partial charge is 0.401 e. The molecule has 1 aliphatic rings. The van der Waals surface area contributed by atoms with Crippen LogP contribution in [0.4, 0.5) is 13.2 Å². The highest BCUT2D eigenvalue weighted by Crippen LogP contribution is 2.20. The van der Waals surface area contributed by atoms with Crippen LogP contribution in [0.25, 0.3) is 0 Å². The molecule has 0 aromatic carbocycles. The van der Waals surface area contributed by atoms with Crippen LogP contribution in [-0.2, 0) is 6.42 Å². The number of rotatable bonds is 6. The summed E-state index contributed by atoms with van der Waals surface area (Å²) >= 11 is 1.68. The maximum absolute atomic E-state index is 12.5. The van der Waals surface area contributed by atoms with Crippen molar-refractivity contribution in [3.63, 3.8) is 0 Å². The number of hydrogen-bond acceptors (Lipinski definition) is 4. The molecule has 0 aliphatic carbocycles. The highest BCUT2D eigenvalue weighted by atomic mass is 127. The van der Waals surface area contributed by atoms with Gasteiger partial charge < -0.3 is 10.6 Å². The first-order valence-electron chi connectivity index (χ1n) is 8.53. The van der Waals surface area contributed by atoms with Gasteiger partial charge in [0.05, 0.1) is 17.2 Å². The molecule has 2 heterocycles. The van der Waals surface area contributed by atoms with E-state index in [9.17, 15) is 13.2 Å². The van der Waals surface area contributed by atoms with Gasteiger partial charge in [0.15, 0.2) is 5.96 Å². The molecule has 1 aromatic heterocycles. The molecule has 1 atom stereocenters. The smallest absolute Gasteiger partial charge is 0.357 e. The fourth-order valence-corrected chi connectivity index (χ4v) is 3.69. The molecule has 2 rings (SSSR count). The van der Waals surface area contributed by atoms with Crippen LogP contribution < -0.4 is 10.6 Å². The summed E-state index contributed by atoms with van der Waals surface area (Å²) in [6.45, 7) is 7.32. The lowest BCUT2D eigenvalue weighted by Gasteiger charge is -2.19. The first kappa shape index (κ1) is 23.4. The van der Waals surface area contributed by atoms with Crippen molar-refractivity contribution in [3.05, 3.63) is 15.6 Å². The molecule has 1 aliphatic heterocycles. The fraction of sp³-hybridized carbons (Fsp3) is 0.750. The van der Waals surface area contributed by atoms with Gasteiger partial charge in [0.25, 0.3) is 0 Å². The third-order valence-corrected chi connectivity index (χ3v) is 5.16. The van der Waals surface area contributed by atoms with Crippen LogP contribution in [0.3, 0.4) is 0 Å². The van der Waals surface area contributed by atoms with E-state index in [4.69, 9.17) is 0 Å². The summed E-state index contributed by atoms with van der Waals surface area (Å²) in [6.07, 6.45) is -2.69. The van der Waals surface area contributed by atoms with E-state index in [1.165, 1.54) is 9.78 Å². The highest BCUT2D eigenvalue weighted by molar-refractivity contribution is 14.0. The van der Waals surface area contributed by atoms with Gasteiger partial charge in [0, 0.05) is 43.5 Å². The van der Waals surface area contributed by atoms with Crippen molar-refractivity contribution >= 4 is 41.3 Å². The van der Waals surface area contributed by atoms with Crippen LogP contribution in [0.1, 0.15) is 28.9 Å². The van der Waals surface area contributed by atoms with E-state index in [1.807, 2.05) is 13.8 Å². The number of thiazole rings is 1. The Labute approximate surface area is 173 Å². The van der Waals surface area contributed by atoms with E-state index in [2.05, 4.69) is 27.5 Å². The topological polar surface area (TPSA) is 52.6 Å². The first-order chi connectivity index (χ1) is 11.8. The molecular weight excluding hydrogens is 478 g/mol. The molecule has 1 unspecified atom stereocenters. The molecule has 150 valence electrons. The Hall–Kier alpha value is -0.620. The summed E-state index contributed by atoms with van der Waals surface area (Å²) in [4.78, 5) is 11.7. The number of aliphatic imine (C=N–C) groups is 1. The van der Waals surface area contributed by atoms with Gasteiger partial charge in [-0.1, -0.05) is 0 Å². The van der Waals surface area contributed by atoms with E-state index < -0.39 is 12.7 Å². The first-order valence-corrected chi connectivity index (χ1v) is 9.35. The second kappa shape index (κ2) is 10.6. The zero-order valence-corrected chi connectivity index (χ0v) is 18.5. The van der Waals surface area contributed by atoms with E-state index in [1.54, 1.807) is 11.3 Å². The number of nitrogens with one attached hydrogen (secondary N) is 2. The Balaban J connectivity index is 0.00000338. The molecule has 0 radical (unpaired) electrons. The molecular formula is C16H27F3IN5S. The molecule has 2 N–H and O–H groups in total. The number of alkyl halides is 3. The summed E-state index contributed by atoms with van der Waals surface area (Å²) in [6, 6.07) is -0.00972. The molecule has 5 nitrogen and oxygen atoms in total. The van der Waals surface area contributed by atoms with Crippen LogP contribution in [-0.4, -0.2) is 60.8 Å². The van der Waals surface area contributed by atoms with Gasteiger partial charge in [-0.15, -0.1) is 35.3 Å². The van der Waals surface area contributed by atoms with Crippen LogP contribution in [0.2, 0.25) is 0 Å². The van der Waals surface area contributed by atoms with Crippen LogP contribution >= 0.6 is 35.3 Å². The maximum Gasteiger partial charge on any atom is 0.401 e. The average Bonchev–Trinajstić information content (AvgIpc) is 3.04. The summed E-state index contributed by atoms with van der Waals surface area (Å²) in [7, 11) is 0. The summed E-state index contributed by atoms with van der Waals surface area (Å²) in [5.41, 5.74) is 1.06. The van der Waals surface area contributed by atoms with E-state index in [-0.39, 0.29) is 30.0 Å². The van der Waals surface area contributed by atoms with Gasteiger partial charge >= 0.3 is 6.18 Å². The Morgan fingerprint density at radius 2 is 2.12 bits per heavy atom.